The molecule has 0 saturated carbocycles. The lowest BCUT2D eigenvalue weighted by molar-refractivity contribution is -0.154. The van der Waals surface area contributed by atoms with Crippen LogP contribution in [-0.4, -0.2) is 37.0 Å². The summed E-state index contributed by atoms with van der Waals surface area (Å²) in [5.41, 5.74) is 0. The minimum absolute atomic E-state index is 0.175. The van der Waals surface area contributed by atoms with E-state index in [1.54, 1.807) is 0 Å². The van der Waals surface area contributed by atoms with E-state index in [1.807, 2.05) is 0 Å². The number of allylic oxidation sites excluding steroid dienone is 6. The molecule has 0 aromatic carbocycles. The Hall–Kier alpha value is -1.39. The van der Waals surface area contributed by atoms with Crippen molar-refractivity contribution in [3.05, 3.63) is 36.5 Å². The number of ether oxygens (including phenoxy) is 2. The minimum atomic E-state index is -0.537. The molecule has 46 heavy (non-hydrogen) atoms. The van der Waals surface area contributed by atoms with Gasteiger partial charge in [0.05, 0.1) is 13.2 Å². The SMILES string of the molecule is CCCCC/C=C\C/C=C\C/C=C\CCCCCCCCC(=O)OC(CO)COCCCCCCCCCCCCCCCCC. The van der Waals surface area contributed by atoms with Crippen LogP contribution in [0, 0.1) is 0 Å². The fourth-order valence-electron chi connectivity index (χ4n) is 5.69. The van der Waals surface area contributed by atoms with Gasteiger partial charge < -0.3 is 14.6 Å². The van der Waals surface area contributed by atoms with Crippen LogP contribution in [0.2, 0.25) is 0 Å². The Morgan fingerprint density at radius 1 is 0.522 bits per heavy atom. The van der Waals surface area contributed by atoms with E-state index < -0.39 is 6.10 Å². The summed E-state index contributed by atoms with van der Waals surface area (Å²) in [6.07, 6.45) is 49.0. The molecular formula is C42H78O4. The number of hydrogen-bond acceptors (Lipinski definition) is 4. The van der Waals surface area contributed by atoms with Gasteiger partial charge in [-0.15, -0.1) is 0 Å². The second-order valence-electron chi connectivity index (χ2n) is 13.4. The smallest absolute Gasteiger partial charge is 0.306 e. The average Bonchev–Trinajstić information content (AvgIpc) is 3.06. The molecule has 0 aromatic rings. The Morgan fingerprint density at radius 2 is 0.913 bits per heavy atom. The van der Waals surface area contributed by atoms with E-state index in [-0.39, 0.29) is 12.6 Å². The first kappa shape index (κ1) is 44.6. The van der Waals surface area contributed by atoms with Gasteiger partial charge in [0.15, 0.2) is 0 Å². The van der Waals surface area contributed by atoms with Crippen molar-refractivity contribution in [1.82, 2.24) is 0 Å². The van der Waals surface area contributed by atoms with Crippen molar-refractivity contribution in [1.29, 1.82) is 0 Å². The molecule has 0 amide bonds. The zero-order valence-electron chi connectivity index (χ0n) is 30.8. The van der Waals surface area contributed by atoms with E-state index >= 15 is 0 Å². The van der Waals surface area contributed by atoms with Gasteiger partial charge in [-0.3, -0.25) is 4.79 Å². The fraction of sp³-hybridized carbons (Fsp3) is 0.833. The highest BCUT2D eigenvalue weighted by atomic mass is 16.6. The molecule has 0 aliphatic carbocycles. The van der Waals surface area contributed by atoms with E-state index in [1.165, 1.54) is 135 Å². The number of aliphatic hydroxyl groups is 1. The van der Waals surface area contributed by atoms with Gasteiger partial charge in [-0.1, -0.05) is 179 Å². The summed E-state index contributed by atoms with van der Waals surface area (Å²) in [7, 11) is 0. The molecule has 0 heterocycles. The van der Waals surface area contributed by atoms with Crippen LogP contribution >= 0.6 is 0 Å². The van der Waals surface area contributed by atoms with Crippen molar-refractivity contribution in [2.24, 2.45) is 0 Å². The maximum atomic E-state index is 12.2. The lowest BCUT2D eigenvalue weighted by Gasteiger charge is -2.16. The number of hydrogen-bond donors (Lipinski definition) is 1. The second kappa shape index (κ2) is 39.8. The Balaban J connectivity index is 3.46. The van der Waals surface area contributed by atoms with Crippen LogP contribution in [0.15, 0.2) is 36.5 Å². The van der Waals surface area contributed by atoms with Crippen LogP contribution in [0.1, 0.15) is 200 Å². The quantitative estimate of drug-likeness (QED) is 0.0414. The Labute approximate surface area is 287 Å². The third-order valence-corrected chi connectivity index (χ3v) is 8.72. The lowest BCUT2D eigenvalue weighted by atomic mass is 10.0. The maximum Gasteiger partial charge on any atom is 0.306 e. The molecule has 0 aliphatic rings. The molecule has 0 aliphatic heterocycles. The first-order chi connectivity index (χ1) is 22.7. The Kier molecular flexibility index (Phi) is 38.6. The second-order valence-corrected chi connectivity index (χ2v) is 13.4. The van der Waals surface area contributed by atoms with Gasteiger partial charge in [-0.05, 0) is 51.4 Å². The van der Waals surface area contributed by atoms with E-state index in [4.69, 9.17) is 9.47 Å². The highest BCUT2D eigenvalue weighted by Crippen LogP contribution is 2.14. The molecule has 0 fully saturated rings. The van der Waals surface area contributed by atoms with E-state index in [2.05, 4.69) is 50.3 Å². The fourth-order valence-corrected chi connectivity index (χ4v) is 5.69. The van der Waals surface area contributed by atoms with Crippen molar-refractivity contribution >= 4 is 5.97 Å². The van der Waals surface area contributed by atoms with Crippen LogP contribution in [0.3, 0.4) is 0 Å². The van der Waals surface area contributed by atoms with Crippen molar-refractivity contribution in [3.8, 4) is 0 Å². The zero-order valence-corrected chi connectivity index (χ0v) is 30.8. The van der Waals surface area contributed by atoms with E-state index in [9.17, 15) is 9.90 Å². The number of carbonyl (C=O) groups is 1. The maximum absolute atomic E-state index is 12.2. The predicted molar refractivity (Wildman–Crippen MR) is 200 cm³/mol. The van der Waals surface area contributed by atoms with Crippen LogP contribution in [0.4, 0.5) is 0 Å². The molecule has 1 unspecified atom stereocenters. The highest BCUT2D eigenvalue weighted by molar-refractivity contribution is 5.69. The van der Waals surface area contributed by atoms with Crippen LogP contribution in [0.25, 0.3) is 0 Å². The Bertz CT molecular complexity index is 683. The lowest BCUT2D eigenvalue weighted by Crippen LogP contribution is -2.27. The zero-order chi connectivity index (χ0) is 33.4. The van der Waals surface area contributed by atoms with Gasteiger partial charge in [0, 0.05) is 13.0 Å². The van der Waals surface area contributed by atoms with Crippen molar-refractivity contribution in [2.75, 3.05) is 19.8 Å². The van der Waals surface area contributed by atoms with E-state index in [0.717, 1.165) is 44.9 Å². The topological polar surface area (TPSA) is 55.8 Å². The number of esters is 1. The number of aliphatic hydroxyl groups excluding tert-OH is 1. The van der Waals surface area contributed by atoms with Gasteiger partial charge in [0.1, 0.15) is 6.10 Å². The molecule has 0 radical (unpaired) electrons. The molecular weight excluding hydrogens is 568 g/mol. The first-order valence-corrected chi connectivity index (χ1v) is 20.1. The van der Waals surface area contributed by atoms with Gasteiger partial charge >= 0.3 is 5.97 Å². The molecule has 0 saturated heterocycles. The number of carbonyl (C=O) groups excluding carboxylic acids is 1. The van der Waals surface area contributed by atoms with Crippen molar-refractivity contribution < 1.29 is 19.4 Å². The number of unbranched alkanes of at least 4 members (excludes halogenated alkanes) is 23. The average molecular weight is 647 g/mol. The highest BCUT2D eigenvalue weighted by Gasteiger charge is 2.13. The summed E-state index contributed by atoms with van der Waals surface area (Å²) < 4.78 is 11.1. The summed E-state index contributed by atoms with van der Waals surface area (Å²) in [6.45, 7) is 5.32. The van der Waals surface area contributed by atoms with Crippen molar-refractivity contribution in [2.45, 2.75) is 206 Å². The molecule has 0 rings (SSSR count). The summed E-state index contributed by atoms with van der Waals surface area (Å²) >= 11 is 0. The van der Waals surface area contributed by atoms with Gasteiger partial charge in [0.25, 0.3) is 0 Å². The summed E-state index contributed by atoms with van der Waals surface area (Å²) in [4.78, 5) is 12.2. The molecule has 1 N–H and O–H groups in total. The normalized spacial score (nSPS) is 12.7. The Morgan fingerprint density at radius 3 is 1.41 bits per heavy atom. The van der Waals surface area contributed by atoms with Crippen LogP contribution < -0.4 is 0 Å². The van der Waals surface area contributed by atoms with Crippen LogP contribution in [0.5, 0.6) is 0 Å². The molecule has 0 spiro atoms. The first-order valence-electron chi connectivity index (χ1n) is 20.1. The molecule has 0 bridgehead atoms. The molecule has 4 heteroatoms. The third kappa shape index (κ3) is 37.1. The number of rotatable bonds is 37. The monoisotopic (exact) mass is 647 g/mol. The molecule has 270 valence electrons. The van der Waals surface area contributed by atoms with Gasteiger partial charge in [-0.2, -0.15) is 0 Å². The van der Waals surface area contributed by atoms with Gasteiger partial charge in [0.2, 0.25) is 0 Å². The molecule has 1 atom stereocenters. The molecule has 0 aromatic heterocycles. The molecule has 4 nitrogen and oxygen atoms in total. The predicted octanol–water partition coefficient (Wildman–Crippen LogP) is 12.9. The third-order valence-electron chi connectivity index (χ3n) is 8.72. The largest absolute Gasteiger partial charge is 0.457 e. The summed E-state index contributed by atoms with van der Waals surface area (Å²) in [5, 5.41) is 9.58. The van der Waals surface area contributed by atoms with Gasteiger partial charge in [-0.25, -0.2) is 0 Å². The van der Waals surface area contributed by atoms with E-state index in [0.29, 0.717) is 19.6 Å². The summed E-state index contributed by atoms with van der Waals surface area (Å²) in [6, 6.07) is 0. The standard InChI is InChI=1S/C42H78O4/c1-3-5-7-9-11-13-15-17-19-20-21-22-23-25-27-29-31-33-35-37-42(44)46-41(39-43)40-45-38-36-34-32-30-28-26-24-18-16-14-12-10-8-6-4-2/h11,13,17,19,21-22,41,43H,3-10,12,14-16,18,20,23-40H2,1-2H3/b13-11-,19-17-,22-21-. The van der Waals surface area contributed by atoms with Crippen molar-refractivity contribution in [3.63, 3.8) is 0 Å². The minimum Gasteiger partial charge on any atom is -0.457 e. The van der Waals surface area contributed by atoms with Crippen LogP contribution in [-0.2, 0) is 14.3 Å². The summed E-state index contributed by atoms with van der Waals surface area (Å²) in [5.74, 6) is -0.211.